The molecule has 7 aromatic carbocycles. The lowest BCUT2D eigenvalue weighted by molar-refractivity contribution is 0.568. The average molecular weight is 984 g/mol. The average Bonchev–Trinajstić information content (AvgIpc) is 3.28. The van der Waals surface area contributed by atoms with Gasteiger partial charge in [-0.05, 0) is 161 Å². The minimum Gasteiger partial charge on any atom is -0.0622 e. The zero-order chi connectivity index (χ0) is 55.1. The summed E-state index contributed by atoms with van der Waals surface area (Å²) in [6.45, 7) is 57.3. The molecule has 7 rings (SSSR count). The van der Waals surface area contributed by atoms with Gasteiger partial charge in [-0.25, -0.2) is 0 Å². The van der Waals surface area contributed by atoms with Crippen molar-refractivity contribution >= 4 is 0 Å². The Bertz CT molecular complexity index is 3180. The number of rotatable bonds is 6. The Morgan fingerprint density at radius 1 is 0.189 bits per heavy atom. The Morgan fingerprint density at radius 2 is 0.459 bits per heavy atom. The van der Waals surface area contributed by atoms with Gasteiger partial charge in [-0.1, -0.05) is 294 Å². The first-order chi connectivity index (χ1) is 33.8. The van der Waals surface area contributed by atoms with Gasteiger partial charge in [0.2, 0.25) is 0 Å². The third-order valence-corrected chi connectivity index (χ3v) is 15.5. The summed E-state index contributed by atoms with van der Waals surface area (Å²) in [5.74, 6) is 0. The fourth-order valence-electron chi connectivity index (χ4n) is 10.9. The monoisotopic (exact) mass is 983 g/mol. The topological polar surface area (TPSA) is 0 Å². The minimum atomic E-state index is -0.208. The zero-order valence-electron chi connectivity index (χ0n) is 50.7. The van der Waals surface area contributed by atoms with Gasteiger partial charge < -0.3 is 0 Å². The highest BCUT2D eigenvalue weighted by Gasteiger charge is 2.36. The van der Waals surface area contributed by atoms with Gasteiger partial charge in [-0.2, -0.15) is 0 Å². The molecule has 0 aliphatic heterocycles. The molecule has 0 unspecified atom stereocenters. The van der Waals surface area contributed by atoms with Crippen molar-refractivity contribution in [1.82, 2.24) is 0 Å². The van der Waals surface area contributed by atoms with Gasteiger partial charge >= 0.3 is 0 Å². The minimum absolute atomic E-state index is 0.0304. The normalized spacial score (nSPS) is 13.4. The molecule has 0 aliphatic rings. The lowest BCUT2D eigenvalue weighted by Crippen LogP contribution is -2.20. The summed E-state index contributed by atoms with van der Waals surface area (Å²) in [5.41, 5.74) is 25.1. The van der Waals surface area contributed by atoms with Crippen molar-refractivity contribution in [3.05, 3.63) is 178 Å². The summed E-state index contributed by atoms with van der Waals surface area (Å²) in [6, 6.07) is 52.9. The third-order valence-electron chi connectivity index (χ3n) is 15.5. The summed E-state index contributed by atoms with van der Waals surface area (Å²) in [7, 11) is 0. The molecule has 0 bridgehead atoms. The van der Waals surface area contributed by atoms with E-state index < -0.39 is 0 Å². The summed E-state index contributed by atoms with van der Waals surface area (Å²) >= 11 is 0. The van der Waals surface area contributed by atoms with Crippen LogP contribution >= 0.6 is 0 Å². The Balaban J connectivity index is 1.96. The van der Waals surface area contributed by atoms with Crippen molar-refractivity contribution in [2.24, 2.45) is 0 Å². The Kier molecular flexibility index (Phi) is 14.7. The predicted molar refractivity (Wildman–Crippen MR) is 329 cm³/mol. The maximum atomic E-state index is 2.64. The second-order valence-corrected chi connectivity index (χ2v) is 30.0. The van der Waals surface area contributed by atoms with Crippen molar-refractivity contribution in [3.63, 3.8) is 0 Å². The summed E-state index contributed by atoms with van der Waals surface area (Å²) in [4.78, 5) is 0. The molecule has 0 aliphatic carbocycles. The van der Waals surface area contributed by atoms with Gasteiger partial charge in [0.05, 0.1) is 0 Å². The van der Waals surface area contributed by atoms with Crippen LogP contribution in [0.2, 0.25) is 0 Å². The largest absolute Gasteiger partial charge is 0.0622 e. The SMILES string of the molecule is CC(C)(C)c1ccc(-c2cc(-c3ccccc3-c3ccccc3)c(-c3ccc(C(C)(C)C)cc3C(C)(C)C)c(-c3ccc(C(C)(C)C)cc3C(C)(C)C)c2-c2ccc(C(C)(C)C)cc2C(C)(C)C)c(C(C)(C)C)c1. The molecule has 0 N–H and O–H groups in total. The van der Waals surface area contributed by atoms with Gasteiger partial charge in [-0.15, -0.1) is 0 Å². The molecule has 0 amide bonds. The van der Waals surface area contributed by atoms with Crippen LogP contribution in [0, 0.1) is 0 Å². The van der Waals surface area contributed by atoms with E-state index in [2.05, 4.69) is 300 Å². The van der Waals surface area contributed by atoms with E-state index in [1.807, 2.05) is 0 Å². The maximum Gasteiger partial charge on any atom is -0.00111 e. The molecule has 7 aromatic rings. The highest BCUT2D eigenvalue weighted by atomic mass is 14.4. The van der Waals surface area contributed by atoms with Gasteiger partial charge in [0, 0.05) is 0 Å². The molecule has 0 heteroatoms. The van der Waals surface area contributed by atoms with E-state index >= 15 is 0 Å². The second-order valence-electron chi connectivity index (χ2n) is 30.0. The van der Waals surface area contributed by atoms with Crippen LogP contribution in [-0.4, -0.2) is 0 Å². The molecule has 0 radical (unpaired) electrons. The molecule has 0 saturated carbocycles. The summed E-state index contributed by atoms with van der Waals surface area (Å²) in [6.07, 6.45) is 0. The van der Waals surface area contributed by atoms with E-state index in [1.165, 1.54) is 111 Å². The molecular formula is C74H94. The fourth-order valence-corrected chi connectivity index (χ4v) is 10.9. The molecule has 74 heavy (non-hydrogen) atoms. The molecule has 0 heterocycles. The van der Waals surface area contributed by atoms with Gasteiger partial charge in [-0.3, -0.25) is 0 Å². The molecule has 0 fully saturated rings. The van der Waals surface area contributed by atoms with E-state index in [0.717, 1.165) is 0 Å². The van der Waals surface area contributed by atoms with Crippen molar-refractivity contribution in [1.29, 1.82) is 0 Å². The van der Waals surface area contributed by atoms with Crippen LogP contribution in [-0.2, 0) is 43.3 Å². The predicted octanol–water partition coefficient (Wildman–Crippen LogP) is 22.1. The number of hydrogen-bond donors (Lipinski definition) is 0. The lowest BCUT2D eigenvalue weighted by Gasteiger charge is -2.35. The molecule has 390 valence electrons. The van der Waals surface area contributed by atoms with Crippen LogP contribution in [0.3, 0.4) is 0 Å². The molecule has 0 aromatic heterocycles. The quantitative estimate of drug-likeness (QED) is 0.156. The van der Waals surface area contributed by atoms with E-state index in [4.69, 9.17) is 0 Å². The highest BCUT2D eigenvalue weighted by Crippen LogP contribution is 2.57. The van der Waals surface area contributed by atoms with Crippen molar-refractivity contribution < 1.29 is 0 Å². The first-order valence-corrected chi connectivity index (χ1v) is 27.8. The van der Waals surface area contributed by atoms with Gasteiger partial charge in [0.1, 0.15) is 0 Å². The maximum absolute atomic E-state index is 2.64. The summed E-state index contributed by atoms with van der Waals surface area (Å²) < 4.78 is 0. The lowest BCUT2D eigenvalue weighted by atomic mass is 9.68. The first kappa shape index (κ1) is 56.3. The highest BCUT2D eigenvalue weighted by molar-refractivity contribution is 6.10. The fraction of sp³-hybridized carbons (Fsp3) is 0.432. The zero-order valence-corrected chi connectivity index (χ0v) is 50.7. The first-order valence-electron chi connectivity index (χ1n) is 27.8. The molecule has 0 nitrogen and oxygen atoms in total. The van der Waals surface area contributed by atoms with E-state index in [0.29, 0.717) is 0 Å². The van der Waals surface area contributed by atoms with Crippen molar-refractivity contribution in [3.8, 4) is 66.8 Å². The van der Waals surface area contributed by atoms with Crippen LogP contribution < -0.4 is 0 Å². The van der Waals surface area contributed by atoms with Gasteiger partial charge in [0.25, 0.3) is 0 Å². The van der Waals surface area contributed by atoms with E-state index in [9.17, 15) is 0 Å². The molecule has 0 spiro atoms. The number of hydrogen-bond acceptors (Lipinski definition) is 0. The molecular weight excluding hydrogens is 889 g/mol. The van der Waals surface area contributed by atoms with Crippen LogP contribution in [0.5, 0.6) is 0 Å². The van der Waals surface area contributed by atoms with E-state index in [-0.39, 0.29) is 43.3 Å². The smallest absolute Gasteiger partial charge is 0.00111 e. The van der Waals surface area contributed by atoms with Crippen LogP contribution in [0.1, 0.15) is 211 Å². The van der Waals surface area contributed by atoms with Crippen molar-refractivity contribution in [2.75, 3.05) is 0 Å². The standard InChI is InChI=1S/C74H94/c1-67(2,3)48-34-38-54(60(42-48)71(13,14)15)59-46-58(53-33-29-28-32-52(53)47-30-26-25-27-31-47)64(55-39-35-49(68(4,5)6)43-61(55)72(16,17)18)66(57-41-37-51(70(10,11)12)45-63(57)74(22,23)24)65(59)56-40-36-50(69(7,8)9)44-62(56)73(19,20)21/h25-46H,1-24H3. The molecule has 0 atom stereocenters. The Morgan fingerprint density at radius 3 is 0.784 bits per heavy atom. The van der Waals surface area contributed by atoms with Crippen molar-refractivity contribution in [2.45, 2.75) is 209 Å². The Hall–Kier alpha value is -5.46. The number of benzene rings is 7. The Labute approximate surface area is 451 Å². The third kappa shape index (κ3) is 11.5. The molecule has 0 saturated heterocycles. The second kappa shape index (κ2) is 19.3. The van der Waals surface area contributed by atoms with Crippen LogP contribution in [0.4, 0.5) is 0 Å². The van der Waals surface area contributed by atoms with Crippen LogP contribution in [0.15, 0.2) is 133 Å². The summed E-state index contributed by atoms with van der Waals surface area (Å²) in [5, 5.41) is 0. The van der Waals surface area contributed by atoms with E-state index in [1.54, 1.807) is 0 Å². The van der Waals surface area contributed by atoms with Crippen LogP contribution in [0.25, 0.3) is 66.8 Å². The van der Waals surface area contributed by atoms with Gasteiger partial charge in [0.15, 0.2) is 0 Å².